The van der Waals surface area contributed by atoms with E-state index < -0.39 is 5.97 Å². The fraction of sp³-hybridized carbons (Fsp3) is 0.882. The van der Waals surface area contributed by atoms with E-state index >= 15 is 0 Å². The minimum Gasteiger partial charge on any atom is -0.480 e. The first-order valence-electron chi connectivity index (χ1n) is 8.72. The predicted molar refractivity (Wildman–Crippen MR) is 95.2 cm³/mol. The maximum absolute atomic E-state index is 12.2. The van der Waals surface area contributed by atoms with Crippen LogP contribution in [-0.4, -0.2) is 78.8 Å². The van der Waals surface area contributed by atoms with Gasteiger partial charge in [-0.2, -0.15) is 0 Å². The number of hydrogen-bond donors (Lipinski definition) is 3. The first-order valence-corrected chi connectivity index (χ1v) is 8.72. The Hall–Kier alpha value is -1.34. The molecule has 24 heavy (non-hydrogen) atoms. The highest BCUT2D eigenvalue weighted by Gasteiger charge is 2.35. The minimum atomic E-state index is -0.803. The van der Waals surface area contributed by atoms with Crippen LogP contribution in [0.5, 0.6) is 0 Å². The average Bonchev–Trinajstić information content (AvgIpc) is 2.38. The van der Waals surface area contributed by atoms with Gasteiger partial charge in [-0.3, -0.25) is 9.69 Å². The molecule has 0 aromatic rings. The molecule has 0 aromatic heterocycles. The Balaban J connectivity index is 2.36. The van der Waals surface area contributed by atoms with Crippen LogP contribution in [0.3, 0.4) is 0 Å². The van der Waals surface area contributed by atoms with E-state index in [1.54, 1.807) is 0 Å². The number of carboxylic acid groups (broad SMARTS) is 1. The summed E-state index contributed by atoms with van der Waals surface area (Å²) in [6.45, 7) is 9.94. The molecule has 3 N–H and O–H groups in total. The molecule has 0 aliphatic heterocycles. The molecule has 0 spiro atoms. The fourth-order valence-electron chi connectivity index (χ4n) is 3.25. The van der Waals surface area contributed by atoms with Gasteiger partial charge in [0.2, 0.25) is 0 Å². The molecule has 2 amide bonds. The highest BCUT2D eigenvalue weighted by atomic mass is 16.4. The molecular weight excluding hydrogens is 308 g/mol. The second-order valence-corrected chi connectivity index (χ2v) is 7.84. The Bertz CT molecular complexity index is 434. The van der Waals surface area contributed by atoms with Gasteiger partial charge in [0.05, 0.1) is 6.54 Å². The lowest BCUT2D eigenvalue weighted by Crippen LogP contribution is -2.58. The molecule has 0 aromatic carbocycles. The Kier molecular flexibility index (Phi) is 7.48. The third kappa shape index (κ3) is 6.28. The lowest BCUT2D eigenvalue weighted by Gasteiger charge is -2.42. The summed E-state index contributed by atoms with van der Waals surface area (Å²) >= 11 is 0. The van der Waals surface area contributed by atoms with Crippen LogP contribution in [-0.2, 0) is 4.79 Å². The van der Waals surface area contributed by atoms with Crippen molar-refractivity contribution >= 4 is 12.0 Å². The average molecular weight is 342 g/mol. The van der Waals surface area contributed by atoms with Gasteiger partial charge in [0.25, 0.3) is 0 Å². The molecule has 1 saturated carbocycles. The van der Waals surface area contributed by atoms with Gasteiger partial charge >= 0.3 is 12.0 Å². The van der Waals surface area contributed by atoms with E-state index in [1.165, 1.54) is 0 Å². The Morgan fingerprint density at radius 3 is 2.33 bits per heavy atom. The maximum Gasteiger partial charge on any atom is 0.317 e. The molecule has 7 heteroatoms. The summed E-state index contributed by atoms with van der Waals surface area (Å²) in [7, 11) is 4.05. The van der Waals surface area contributed by atoms with Gasteiger partial charge in [0, 0.05) is 24.7 Å². The zero-order valence-electron chi connectivity index (χ0n) is 15.9. The van der Waals surface area contributed by atoms with E-state index in [-0.39, 0.29) is 36.1 Å². The van der Waals surface area contributed by atoms with Crippen LogP contribution in [0.4, 0.5) is 4.79 Å². The zero-order valence-corrected chi connectivity index (χ0v) is 15.9. The van der Waals surface area contributed by atoms with Crippen LogP contribution in [0.1, 0.15) is 40.5 Å². The first kappa shape index (κ1) is 20.7. The van der Waals surface area contributed by atoms with E-state index in [0.29, 0.717) is 6.54 Å². The van der Waals surface area contributed by atoms with Crippen molar-refractivity contribution in [3.8, 4) is 0 Å². The van der Waals surface area contributed by atoms with Crippen molar-refractivity contribution in [2.24, 2.45) is 5.41 Å². The normalized spacial score (nSPS) is 22.2. The van der Waals surface area contributed by atoms with Gasteiger partial charge in [0.15, 0.2) is 0 Å². The van der Waals surface area contributed by atoms with Crippen LogP contribution < -0.4 is 10.6 Å². The standard InChI is InChI=1S/C17H34N4O3/c1-7-21(10-15(22)23)14-8-13(9-14)19-16(24)18-12(2)17(3,4)11-20(5)6/h12-14H,7-11H2,1-6H3,(H,22,23)(H2,18,19,24). The molecule has 1 fully saturated rings. The third-order valence-corrected chi connectivity index (χ3v) is 4.95. The molecule has 1 rings (SSSR count). The Labute approximate surface area is 145 Å². The van der Waals surface area contributed by atoms with E-state index in [0.717, 1.165) is 19.4 Å². The molecule has 0 radical (unpaired) electrons. The number of carboxylic acids is 1. The molecular formula is C17H34N4O3. The van der Waals surface area contributed by atoms with Crippen molar-refractivity contribution in [2.75, 3.05) is 33.7 Å². The van der Waals surface area contributed by atoms with Crippen LogP contribution in [0.2, 0.25) is 0 Å². The predicted octanol–water partition coefficient (Wildman–Crippen LogP) is 1.20. The van der Waals surface area contributed by atoms with Crippen molar-refractivity contribution in [3.05, 3.63) is 0 Å². The highest BCUT2D eigenvalue weighted by molar-refractivity contribution is 5.74. The van der Waals surface area contributed by atoms with Gasteiger partial charge in [-0.15, -0.1) is 0 Å². The van der Waals surface area contributed by atoms with Crippen molar-refractivity contribution < 1.29 is 14.7 Å². The van der Waals surface area contributed by atoms with Crippen molar-refractivity contribution in [2.45, 2.75) is 58.7 Å². The molecule has 140 valence electrons. The van der Waals surface area contributed by atoms with Crippen molar-refractivity contribution in [1.82, 2.24) is 20.4 Å². The molecule has 7 nitrogen and oxygen atoms in total. The summed E-state index contributed by atoms with van der Waals surface area (Å²) in [6, 6.07) is 0.287. The topological polar surface area (TPSA) is 84.9 Å². The number of aliphatic carboxylic acids is 1. The summed E-state index contributed by atoms with van der Waals surface area (Å²) in [4.78, 5) is 27.1. The highest BCUT2D eigenvalue weighted by Crippen LogP contribution is 2.26. The lowest BCUT2D eigenvalue weighted by molar-refractivity contribution is -0.139. The van der Waals surface area contributed by atoms with Crippen LogP contribution >= 0.6 is 0 Å². The van der Waals surface area contributed by atoms with E-state index in [2.05, 4.69) is 29.4 Å². The number of likely N-dealkylation sites (N-methyl/N-ethyl adjacent to an activating group) is 1. The largest absolute Gasteiger partial charge is 0.480 e. The number of rotatable bonds is 9. The van der Waals surface area contributed by atoms with Crippen LogP contribution in [0.25, 0.3) is 0 Å². The monoisotopic (exact) mass is 342 g/mol. The molecule has 0 bridgehead atoms. The Morgan fingerprint density at radius 2 is 1.88 bits per heavy atom. The van der Waals surface area contributed by atoms with E-state index in [1.807, 2.05) is 32.8 Å². The number of hydrogen-bond acceptors (Lipinski definition) is 4. The van der Waals surface area contributed by atoms with Gasteiger partial charge in [-0.25, -0.2) is 4.79 Å². The molecule has 1 unspecified atom stereocenters. The number of nitrogens with zero attached hydrogens (tertiary/aromatic N) is 2. The summed E-state index contributed by atoms with van der Waals surface area (Å²) in [5.74, 6) is -0.803. The van der Waals surface area contributed by atoms with E-state index in [9.17, 15) is 9.59 Å². The first-order chi connectivity index (χ1) is 11.0. The molecule has 1 aliphatic carbocycles. The van der Waals surface area contributed by atoms with Crippen molar-refractivity contribution in [3.63, 3.8) is 0 Å². The zero-order chi connectivity index (χ0) is 18.5. The summed E-state index contributed by atoms with van der Waals surface area (Å²) in [6.07, 6.45) is 1.62. The number of nitrogens with one attached hydrogen (secondary N) is 2. The second-order valence-electron chi connectivity index (χ2n) is 7.84. The summed E-state index contributed by atoms with van der Waals surface area (Å²) in [5.41, 5.74) is -0.0243. The molecule has 0 saturated heterocycles. The molecule has 1 aliphatic rings. The molecule has 0 heterocycles. The number of amides is 2. The van der Waals surface area contributed by atoms with Gasteiger partial charge in [0.1, 0.15) is 0 Å². The van der Waals surface area contributed by atoms with Crippen molar-refractivity contribution in [1.29, 1.82) is 0 Å². The van der Waals surface area contributed by atoms with Gasteiger partial charge < -0.3 is 20.6 Å². The number of urea groups is 1. The number of carbonyl (C=O) groups is 2. The molecule has 1 atom stereocenters. The fourth-order valence-corrected chi connectivity index (χ4v) is 3.25. The number of carbonyl (C=O) groups excluding carboxylic acids is 1. The summed E-state index contributed by atoms with van der Waals surface area (Å²) in [5, 5.41) is 14.9. The smallest absolute Gasteiger partial charge is 0.317 e. The van der Waals surface area contributed by atoms with Gasteiger partial charge in [-0.1, -0.05) is 20.8 Å². The van der Waals surface area contributed by atoms with Gasteiger partial charge in [-0.05, 0) is 45.8 Å². The lowest BCUT2D eigenvalue weighted by atomic mass is 9.84. The van der Waals surface area contributed by atoms with E-state index in [4.69, 9.17) is 5.11 Å². The van der Waals surface area contributed by atoms with Crippen LogP contribution in [0, 0.1) is 5.41 Å². The summed E-state index contributed by atoms with van der Waals surface area (Å²) < 4.78 is 0. The third-order valence-electron chi connectivity index (χ3n) is 4.95. The second kappa shape index (κ2) is 8.67. The quantitative estimate of drug-likeness (QED) is 0.586. The maximum atomic E-state index is 12.2. The SMILES string of the molecule is CCN(CC(=O)O)C1CC(NC(=O)NC(C)C(C)(C)CN(C)C)C1. The Morgan fingerprint density at radius 1 is 1.29 bits per heavy atom. The van der Waals surface area contributed by atoms with Crippen LogP contribution in [0.15, 0.2) is 0 Å². The minimum absolute atomic E-state index is 0.0243.